The molecule has 176 valence electrons. The van der Waals surface area contributed by atoms with Gasteiger partial charge in [0.15, 0.2) is 0 Å². The van der Waals surface area contributed by atoms with Crippen molar-refractivity contribution < 1.29 is 9.47 Å². The molecule has 4 atom stereocenters. The van der Waals surface area contributed by atoms with Crippen LogP contribution in [0.3, 0.4) is 0 Å². The fourth-order valence-corrected chi connectivity index (χ4v) is 4.71. The number of ether oxygens (including phenoxy) is 2. The van der Waals surface area contributed by atoms with E-state index in [0.29, 0.717) is 12.2 Å². The molecule has 0 aromatic carbocycles. The van der Waals surface area contributed by atoms with Gasteiger partial charge in [0.2, 0.25) is 0 Å². The van der Waals surface area contributed by atoms with Crippen LogP contribution in [0.15, 0.2) is 24.3 Å². The van der Waals surface area contributed by atoms with Gasteiger partial charge in [-0.05, 0) is 89.9 Å². The van der Waals surface area contributed by atoms with E-state index in [0.717, 1.165) is 37.9 Å². The summed E-state index contributed by atoms with van der Waals surface area (Å²) in [7, 11) is 0. The number of hydrogen-bond acceptors (Lipinski definition) is 2. The lowest BCUT2D eigenvalue weighted by Crippen LogP contribution is -2.11. The molecular formula is C28H52O2. The maximum absolute atomic E-state index is 5.65. The molecule has 2 rings (SSSR count). The van der Waals surface area contributed by atoms with Crippen LogP contribution in [0.1, 0.15) is 118 Å². The topological polar surface area (TPSA) is 18.5 Å². The summed E-state index contributed by atoms with van der Waals surface area (Å²) in [5, 5.41) is 0. The number of rotatable bonds is 16. The van der Waals surface area contributed by atoms with Crippen molar-refractivity contribution in [3.8, 4) is 0 Å². The highest BCUT2D eigenvalue weighted by atomic mass is 16.5. The van der Waals surface area contributed by atoms with Crippen LogP contribution in [-0.4, -0.2) is 25.4 Å². The highest BCUT2D eigenvalue weighted by Crippen LogP contribution is 2.24. The zero-order valence-corrected chi connectivity index (χ0v) is 20.7. The first-order valence-electron chi connectivity index (χ1n) is 13.3. The minimum atomic E-state index is 0.508. The van der Waals surface area contributed by atoms with Crippen LogP contribution in [0.4, 0.5) is 0 Å². The molecule has 2 heteroatoms. The number of unbranched alkanes of at least 4 members (excludes halogenated alkanes) is 2. The number of hydrogen-bond donors (Lipinski definition) is 0. The van der Waals surface area contributed by atoms with Crippen molar-refractivity contribution in [1.82, 2.24) is 0 Å². The second kappa shape index (κ2) is 19.1. The van der Waals surface area contributed by atoms with E-state index in [-0.39, 0.29) is 0 Å². The second-order valence-corrected chi connectivity index (χ2v) is 9.07. The van der Waals surface area contributed by atoms with E-state index in [1.54, 1.807) is 0 Å². The van der Waals surface area contributed by atoms with Crippen molar-refractivity contribution in [3.05, 3.63) is 24.3 Å². The smallest absolute Gasteiger partial charge is 0.0572 e. The highest BCUT2D eigenvalue weighted by molar-refractivity contribution is 4.96. The molecule has 0 aromatic heterocycles. The third-order valence-corrected chi connectivity index (χ3v) is 6.64. The van der Waals surface area contributed by atoms with Gasteiger partial charge in [0.05, 0.1) is 12.2 Å². The van der Waals surface area contributed by atoms with E-state index in [9.17, 15) is 0 Å². The minimum Gasteiger partial charge on any atom is -0.379 e. The van der Waals surface area contributed by atoms with E-state index < -0.39 is 0 Å². The van der Waals surface area contributed by atoms with Gasteiger partial charge in [-0.1, -0.05) is 63.8 Å². The third-order valence-electron chi connectivity index (χ3n) is 6.64. The zero-order chi connectivity index (χ0) is 21.9. The van der Waals surface area contributed by atoms with Crippen molar-refractivity contribution in [2.45, 2.75) is 130 Å². The van der Waals surface area contributed by atoms with Gasteiger partial charge in [0, 0.05) is 13.2 Å². The summed E-state index contributed by atoms with van der Waals surface area (Å²) in [6, 6.07) is 0. The lowest BCUT2D eigenvalue weighted by atomic mass is 9.99. The Balaban J connectivity index is 0.000000300. The average Bonchev–Trinajstić information content (AvgIpc) is 3.47. The molecule has 2 nitrogen and oxygen atoms in total. The monoisotopic (exact) mass is 420 g/mol. The van der Waals surface area contributed by atoms with Crippen molar-refractivity contribution in [2.24, 2.45) is 11.8 Å². The summed E-state index contributed by atoms with van der Waals surface area (Å²) < 4.78 is 11.3. The van der Waals surface area contributed by atoms with E-state index in [1.165, 1.54) is 77.0 Å². The molecule has 0 radical (unpaired) electrons. The quantitative estimate of drug-likeness (QED) is 0.184. The third kappa shape index (κ3) is 13.7. The maximum atomic E-state index is 5.65. The van der Waals surface area contributed by atoms with Crippen LogP contribution in [0.2, 0.25) is 0 Å². The Morgan fingerprint density at radius 2 is 1.10 bits per heavy atom. The van der Waals surface area contributed by atoms with E-state index >= 15 is 0 Å². The molecule has 0 heterocycles. The fraction of sp³-hybridized carbons (Fsp3) is 0.857. The molecule has 0 spiro atoms. The predicted octanol–water partition coefficient (Wildman–Crippen LogP) is 8.66. The van der Waals surface area contributed by atoms with Gasteiger partial charge in [0.1, 0.15) is 0 Å². The summed E-state index contributed by atoms with van der Waals surface area (Å²) in [6.45, 7) is 10.4. The fourth-order valence-electron chi connectivity index (χ4n) is 4.71. The molecule has 2 aliphatic carbocycles. The summed E-state index contributed by atoms with van der Waals surface area (Å²) in [5.74, 6) is 1.77. The van der Waals surface area contributed by atoms with Crippen LogP contribution in [-0.2, 0) is 9.47 Å². The van der Waals surface area contributed by atoms with Gasteiger partial charge in [0.25, 0.3) is 0 Å². The van der Waals surface area contributed by atoms with E-state index in [2.05, 4.69) is 52.0 Å². The number of allylic oxidation sites excluding steroid dienone is 4. The molecule has 0 saturated carbocycles. The maximum Gasteiger partial charge on any atom is 0.0572 e. The van der Waals surface area contributed by atoms with Crippen LogP contribution in [0.5, 0.6) is 0 Å². The molecule has 4 unspecified atom stereocenters. The molecule has 0 amide bonds. The van der Waals surface area contributed by atoms with Gasteiger partial charge in [-0.25, -0.2) is 0 Å². The Labute approximate surface area is 188 Å². The largest absolute Gasteiger partial charge is 0.379 e. The summed E-state index contributed by atoms with van der Waals surface area (Å²) in [4.78, 5) is 0. The van der Waals surface area contributed by atoms with E-state index in [1.807, 2.05) is 0 Å². The summed E-state index contributed by atoms with van der Waals surface area (Å²) in [5.41, 5.74) is 0. The molecule has 30 heavy (non-hydrogen) atoms. The van der Waals surface area contributed by atoms with E-state index in [4.69, 9.17) is 9.47 Å². The summed E-state index contributed by atoms with van der Waals surface area (Å²) >= 11 is 0. The minimum absolute atomic E-state index is 0.508. The second-order valence-electron chi connectivity index (χ2n) is 9.07. The van der Waals surface area contributed by atoms with Gasteiger partial charge in [-0.3, -0.25) is 0 Å². The molecule has 0 bridgehead atoms. The van der Waals surface area contributed by atoms with Gasteiger partial charge in [-0.15, -0.1) is 0 Å². The van der Waals surface area contributed by atoms with Crippen LogP contribution < -0.4 is 0 Å². The van der Waals surface area contributed by atoms with Crippen LogP contribution in [0.25, 0.3) is 0 Å². The molecule has 0 aliphatic heterocycles. The molecule has 0 fully saturated rings. The first-order valence-corrected chi connectivity index (χ1v) is 13.3. The van der Waals surface area contributed by atoms with Crippen LogP contribution in [0, 0.1) is 11.8 Å². The lowest BCUT2D eigenvalue weighted by molar-refractivity contribution is 0.0520. The average molecular weight is 421 g/mol. The van der Waals surface area contributed by atoms with Gasteiger partial charge < -0.3 is 9.47 Å². The molecule has 0 N–H and O–H groups in total. The molecule has 0 saturated heterocycles. The van der Waals surface area contributed by atoms with Crippen molar-refractivity contribution >= 4 is 0 Å². The lowest BCUT2D eigenvalue weighted by Gasteiger charge is -2.15. The summed E-state index contributed by atoms with van der Waals surface area (Å²) in [6.07, 6.45) is 28.9. The zero-order valence-electron chi connectivity index (χ0n) is 20.7. The Bertz CT molecular complexity index is 388. The Kier molecular flexibility index (Phi) is 17.5. The standard InChI is InChI=1S/2C14H26O/c2*1-3-14(15-4-2)12-8-7-11-13-9-5-6-10-13/h2*5,9,13-14H,3-4,6-8,10-12H2,1-2H3. The van der Waals surface area contributed by atoms with Crippen molar-refractivity contribution in [2.75, 3.05) is 13.2 Å². The van der Waals surface area contributed by atoms with Crippen molar-refractivity contribution in [3.63, 3.8) is 0 Å². The van der Waals surface area contributed by atoms with Crippen LogP contribution >= 0.6 is 0 Å². The molecular weight excluding hydrogens is 368 g/mol. The van der Waals surface area contributed by atoms with Gasteiger partial charge in [-0.2, -0.15) is 0 Å². The van der Waals surface area contributed by atoms with Crippen molar-refractivity contribution in [1.29, 1.82) is 0 Å². The Morgan fingerprint density at radius 1 is 0.667 bits per heavy atom. The molecule has 0 aromatic rings. The SMILES string of the molecule is CCOC(CC)CCCCC1C=CCC1.CCOC(CC)CCCCC1C=CCC1. The first-order chi connectivity index (χ1) is 14.7. The predicted molar refractivity (Wildman–Crippen MR) is 132 cm³/mol. The molecule has 2 aliphatic rings. The first kappa shape index (κ1) is 27.4. The highest BCUT2D eigenvalue weighted by Gasteiger charge is 2.11. The van der Waals surface area contributed by atoms with Gasteiger partial charge >= 0.3 is 0 Å². The Hall–Kier alpha value is -0.600. The Morgan fingerprint density at radius 3 is 1.40 bits per heavy atom. The normalized spacial score (nSPS) is 22.1.